The van der Waals surface area contributed by atoms with Gasteiger partial charge in [-0.15, -0.1) is 0 Å². The Morgan fingerprint density at radius 2 is 2.54 bits per heavy atom. The van der Waals surface area contributed by atoms with Crippen LogP contribution in [0.4, 0.5) is 0 Å². The fraction of sp³-hybridized carbons (Fsp3) is 0.778. The third-order valence-electron chi connectivity index (χ3n) is 2.20. The summed E-state index contributed by atoms with van der Waals surface area (Å²) in [5.74, 6) is 0.269. The van der Waals surface area contributed by atoms with Gasteiger partial charge in [0.2, 0.25) is 5.91 Å². The zero-order chi connectivity index (χ0) is 9.52. The van der Waals surface area contributed by atoms with Gasteiger partial charge in [0.1, 0.15) is 0 Å². The zero-order valence-electron chi connectivity index (χ0n) is 7.68. The Morgan fingerprint density at radius 1 is 1.69 bits per heavy atom. The molecular formula is C9H15N3O. The zero-order valence-corrected chi connectivity index (χ0v) is 7.68. The fourth-order valence-electron chi connectivity index (χ4n) is 1.40. The van der Waals surface area contributed by atoms with Crippen molar-refractivity contribution in [2.45, 2.75) is 19.3 Å². The van der Waals surface area contributed by atoms with E-state index in [1.807, 2.05) is 6.07 Å². The molecule has 0 aromatic heterocycles. The molecule has 4 nitrogen and oxygen atoms in total. The van der Waals surface area contributed by atoms with Crippen molar-refractivity contribution in [3.05, 3.63) is 0 Å². The van der Waals surface area contributed by atoms with Crippen molar-refractivity contribution in [3.8, 4) is 6.07 Å². The summed E-state index contributed by atoms with van der Waals surface area (Å²) < 4.78 is 0. The Bertz CT molecular complexity index is 203. The Labute approximate surface area is 78.3 Å². The van der Waals surface area contributed by atoms with E-state index in [9.17, 15) is 4.79 Å². The van der Waals surface area contributed by atoms with Gasteiger partial charge in [0.15, 0.2) is 0 Å². The highest BCUT2D eigenvalue weighted by Gasteiger charge is 2.21. The predicted molar refractivity (Wildman–Crippen MR) is 48.8 cm³/mol. The van der Waals surface area contributed by atoms with Crippen molar-refractivity contribution in [1.82, 2.24) is 10.6 Å². The lowest BCUT2D eigenvalue weighted by Crippen LogP contribution is -2.32. The van der Waals surface area contributed by atoms with Crippen LogP contribution in [0.1, 0.15) is 19.3 Å². The molecule has 0 radical (unpaired) electrons. The van der Waals surface area contributed by atoms with E-state index < -0.39 is 0 Å². The van der Waals surface area contributed by atoms with E-state index >= 15 is 0 Å². The number of carbonyl (C=O) groups is 1. The lowest BCUT2D eigenvalue weighted by Gasteiger charge is -2.08. The van der Waals surface area contributed by atoms with Crippen LogP contribution >= 0.6 is 0 Å². The summed E-state index contributed by atoms with van der Waals surface area (Å²) in [6, 6.07) is 2.05. The van der Waals surface area contributed by atoms with Gasteiger partial charge < -0.3 is 10.6 Å². The summed E-state index contributed by atoms with van der Waals surface area (Å²) in [7, 11) is 0. The topological polar surface area (TPSA) is 64.9 Å². The Morgan fingerprint density at radius 3 is 3.15 bits per heavy atom. The smallest absolute Gasteiger partial charge is 0.224 e. The molecule has 0 spiro atoms. The molecule has 4 heteroatoms. The first kappa shape index (κ1) is 10.0. The molecule has 1 aliphatic heterocycles. The lowest BCUT2D eigenvalue weighted by molar-refractivity contribution is -0.124. The molecule has 1 aliphatic rings. The van der Waals surface area contributed by atoms with Crippen LogP contribution in [0.25, 0.3) is 0 Å². The van der Waals surface area contributed by atoms with Crippen LogP contribution in [0, 0.1) is 17.2 Å². The molecule has 72 valence electrons. The van der Waals surface area contributed by atoms with Crippen LogP contribution in [0.15, 0.2) is 0 Å². The van der Waals surface area contributed by atoms with Crippen LogP contribution in [-0.2, 0) is 4.79 Å². The van der Waals surface area contributed by atoms with Gasteiger partial charge in [-0.25, -0.2) is 0 Å². The SMILES string of the molecule is N#CCCCNC(=O)C1CCNC1. The van der Waals surface area contributed by atoms with Gasteiger partial charge >= 0.3 is 0 Å². The molecule has 1 amide bonds. The summed E-state index contributed by atoms with van der Waals surface area (Å²) >= 11 is 0. The largest absolute Gasteiger partial charge is 0.356 e. The van der Waals surface area contributed by atoms with E-state index in [-0.39, 0.29) is 11.8 Å². The standard InChI is InChI=1S/C9H15N3O/c10-4-1-2-5-12-9(13)8-3-6-11-7-8/h8,11H,1-3,5-7H2,(H,12,13). The number of hydrogen-bond donors (Lipinski definition) is 2. The minimum absolute atomic E-state index is 0.128. The van der Waals surface area contributed by atoms with Gasteiger partial charge in [0.05, 0.1) is 12.0 Å². The second-order valence-electron chi connectivity index (χ2n) is 3.24. The molecule has 1 saturated heterocycles. The maximum atomic E-state index is 11.4. The molecule has 0 aliphatic carbocycles. The summed E-state index contributed by atoms with van der Waals surface area (Å²) in [5.41, 5.74) is 0. The van der Waals surface area contributed by atoms with Gasteiger partial charge in [-0.2, -0.15) is 5.26 Å². The molecule has 0 aromatic rings. The average Bonchev–Trinajstić information content (AvgIpc) is 2.65. The number of carbonyl (C=O) groups excluding carboxylic acids is 1. The molecule has 1 atom stereocenters. The van der Waals surface area contributed by atoms with Crippen molar-refractivity contribution in [3.63, 3.8) is 0 Å². The number of unbranched alkanes of at least 4 members (excludes halogenated alkanes) is 1. The van der Waals surface area contributed by atoms with Crippen molar-refractivity contribution < 1.29 is 4.79 Å². The van der Waals surface area contributed by atoms with E-state index in [0.717, 1.165) is 25.9 Å². The summed E-state index contributed by atoms with van der Waals surface area (Å²) in [5, 5.41) is 14.2. The normalized spacial score (nSPS) is 21.0. The maximum absolute atomic E-state index is 11.4. The van der Waals surface area contributed by atoms with Crippen LogP contribution < -0.4 is 10.6 Å². The molecule has 0 bridgehead atoms. The van der Waals surface area contributed by atoms with Crippen molar-refractivity contribution in [2.24, 2.45) is 5.92 Å². The highest BCUT2D eigenvalue weighted by molar-refractivity contribution is 5.79. The van der Waals surface area contributed by atoms with Gasteiger partial charge in [0, 0.05) is 19.5 Å². The van der Waals surface area contributed by atoms with Gasteiger partial charge in [-0.3, -0.25) is 4.79 Å². The Kier molecular flexibility index (Phi) is 4.27. The van der Waals surface area contributed by atoms with Gasteiger partial charge in [-0.05, 0) is 19.4 Å². The minimum Gasteiger partial charge on any atom is -0.356 e. The third kappa shape index (κ3) is 3.43. The highest BCUT2D eigenvalue weighted by Crippen LogP contribution is 2.06. The summed E-state index contributed by atoms with van der Waals surface area (Å²) in [6.45, 7) is 2.36. The molecule has 1 heterocycles. The molecule has 1 fully saturated rings. The van der Waals surface area contributed by atoms with Crippen molar-refractivity contribution in [2.75, 3.05) is 19.6 Å². The molecule has 1 rings (SSSR count). The summed E-state index contributed by atoms with van der Waals surface area (Å²) in [6.07, 6.45) is 2.20. The van der Waals surface area contributed by atoms with Crippen LogP contribution in [0.3, 0.4) is 0 Å². The second kappa shape index (κ2) is 5.55. The molecule has 2 N–H and O–H groups in total. The van der Waals surface area contributed by atoms with Crippen molar-refractivity contribution >= 4 is 5.91 Å². The fourth-order valence-corrected chi connectivity index (χ4v) is 1.40. The third-order valence-corrected chi connectivity index (χ3v) is 2.20. The number of nitrogens with one attached hydrogen (secondary N) is 2. The van der Waals surface area contributed by atoms with Gasteiger partial charge in [0.25, 0.3) is 0 Å². The molecule has 1 unspecified atom stereocenters. The molecular weight excluding hydrogens is 166 g/mol. The first-order valence-corrected chi connectivity index (χ1v) is 4.70. The predicted octanol–water partition coefficient (Wildman–Crippen LogP) is 0.0159. The monoisotopic (exact) mass is 181 g/mol. The van der Waals surface area contributed by atoms with Crippen LogP contribution in [-0.4, -0.2) is 25.5 Å². The van der Waals surface area contributed by atoms with Crippen molar-refractivity contribution in [1.29, 1.82) is 5.26 Å². The summed E-state index contributed by atoms with van der Waals surface area (Å²) in [4.78, 5) is 11.4. The van der Waals surface area contributed by atoms with E-state index in [1.54, 1.807) is 0 Å². The van der Waals surface area contributed by atoms with Crippen LogP contribution in [0.2, 0.25) is 0 Å². The van der Waals surface area contributed by atoms with Gasteiger partial charge in [-0.1, -0.05) is 0 Å². The molecule has 13 heavy (non-hydrogen) atoms. The first-order valence-electron chi connectivity index (χ1n) is 4.70. The van der Waals surface area contributed by atoms with E-state index in [4.69, 9.17) is 5.26 Å². The minimum atomic E-state index is 0.128. The quantitative estimate of drug-likeness (QED) is 0.601. The Balaban J connectivity index is 2.07. The molecule has 0 saturated carbocycles. The van der Waals surface area contributed by atoms with E-state index in [2.05, 4.69) is 10.6 Å². The second-order valence-corrected chi connectivity index (χ2v) is 3.24. The number of rotatable bonds is 4. The van der Waals surface area contributed by atoms with Crippen LogP contribution in [0.5, 0.6) is 0 Å². The Hall–Kier alpha value is -1.08. The average molecular weight is 181 g/mol. The maximum Gasteiger partial charge on any atom is 0.224 e. The number of nitriles is 1. The van der Waals surface area contributed by atoms with E-state index in [1.165, 1.54) is 0 Å². The first-order chi connectivity index (χ1) is 6.34. The number of hydrogen-bond acceptors (Lipinski definition) is 3. The molecule has 0 aromatic carbocycles. The number of amides is 1. The number of nitrogens with zero attached hydrogens (tertiary/aromatic N) is 1. The highest BCUT2D eigenvalue weighted by atomic mass is 16.1. The van der Waals surface area contributed by atoms with E-state index in [0.29, 0.717) is 13.0 Å². The lowest BCUT2D eigenvalue weighted by atomic mass is 10.1.